The topological polar surface area (TPSA) is 55.6 Å². The maximum absolute atomic E-state index is 4.24. The Kier molecular flexibility index (Phi) is 2.83. The Bertz CT molecular complexity index is 473. The maximum atomic E-state index is 4.24. The van der Waals surface area contributed by atoms with Gasteiger partial charge in [-0.15, -0.1) is 0 Å². The molecule has 88 valence electrons. The van der Waals surface area contributed by atoms with Gasteiger partial charge in [0.05, 0.1) is 36.3 Å². The molecule has 0 radical (unpaired) electrons. The van der Waals surface area contributed by atoms with E-state index in [0.29, 0.717) is 6.04 Å². The minimum absolute atomic E-state index is 0.395. The van der Waals surface area contributed by atoms with E-state index in [0.717, 1.165) is 12.2 Å². The summed E-state index contributed by atoms with van der Waals surface area (Å²) in [5.74, 6) is 0. The molecule has 0 aliphatic carbocycles. The monoisotopic (exact) mass is 229 g/mol. The minimum Gasteiger partial charge on any atom is -0.309 e. The fraction of sp³-hybridized carbons (Fsp3) is 0.417. The van der Waals surface area contributed by atoms with Crippen molar-refractivity contribution in [1.29, 1.82) is 0 Å². The van der Waals surface area contributed by atoms with E-state index in [1.165, 1.54) is 25.0 Å². The molecule has 1 aliphatic heterocycles. The van der Waals surface area contributed by atoms with Gasteiger partial charge in [0, 0.05) is 6.04 Å². The smallest absolute Gasteiger partial charge is 0.115 e. The van der Waals surface area contributed by atoms with Crippen molar-refractivity contribution in [3.63, 3.8) is 0 Å². The van der Waals surface area contributed by atoms with Gasteiger partial charge in [-0.3, -0.25) is 4.57 Å². The Morgan fingerprint density at radius 3 is 2.76 bits per heavy atom. The Morgan fingerprint density at radius 1 is 1.12 bits per heavy atom. The molecule has 0 saturated carbocycles. The Labute approximate surface area is 99.9 Å². The third-order valence-corrected chi connectivity index (χ3v) is 3.16. The van der Waals surface area contributed by atoms with Crippen LogP contribution in [-0.2, 0) is 0 Å². The Balaban J connectivity index is 1.93. The Hall–Kier alpha value is -1.75. The molecule has 0 amide bonds. The SMILES string of the molecule is c1ncc(-n2cncc2C2CCCCN2)cn1. The van der Waals surface area contributed by atoms with Crippen molar-refractivity contribution in [2.45, 2.75) is 25.3 Å². The molecule has 17 heavy (non-hydrogen) atoms. The first-order chi connectivity index (χ1) is 8.45. The summed E-state index contributed by atoms with van der Waals surface area (Å²) >= 11 is 0. The highest BCUT2D eigenvalue weighted by molar-refractivity contribution is 5.28. The van der Waals surface area contributed by atoms with Crippen molar-refractivity contribution < 1.29 is 0 Å². The lowest BCUT2D eigenvalue weighted by Crippen LogP contribution is -2.28. The van der Waals surface area contributed by atoms with E-state index in [4.69, 9.17) is 0 Å². The molecule has 1 saturated heterocycles. The molecule has 0 bridgehead atoms. The van der Waals surface area contributed by atoms with Gasteiger partial charge in [-0.25, -0.2) is 15.0 Å². The van der Waals surface area contributed by atoms with Gasteiger partial charge < -0.3 is 5.32 Å². The fourth-order valence-corrected chi connectivity index (χ4v) is 2.30. The van der Waals surface area contributed by atoms with E-state index < -0.39 is 0 Å². The van der Waals surface area contributed by atoms with Crippen molar-refractivity contribution >= 4 is 0 Å². The van der Waals surface area contributed by atoms with Crippen molar-refractivity contribution in [3.8, 4) is 5.69 Å². The van der Waals surface area contributed by atoms with E-state index >= 15 is 0 Å². The van der Waals surface area contributed by atoms with Crippen LogP contribution in [0.3, 0.4) is 0 Å². The number of hydrogen-bond acceptors (Lipinski definition) is 4. The molecule has 5 heteroatoms. The summed E-state index contributed by atoms with van der Waals surface area (Å²) in [6.07, 6.45) is 12.6. The summed E-state index contributed by atoms with van der Waals surface area (Å²) in [5, 5.41) is 3.53. The molecule has 2 aromatic rings. The van der Waals surface area contributed by atoms with Crippen molar-refractivity contribution in [3.05, 3.63) is 36.9 Å². The van der Waals surface area contributed by atoms with Crippen LogP contribution in [0.4, 0.5) is 0 Å². The van der Waals surface area contributed by atoms with Crippen LogP contribution in [0.5, 0.6) is 0 Å². The predicted molar refractivity (Wildman–Crippen MR) is 63.7 cm³/mol. The lowest BCUT2D eigenvalue weighted by Gasteiger charge is -2.24. The van der Waals surface area contributed by atoms with E-state index in [2.05, 4.69) is 24.8 Å². The summed E-state index contributed by atoms with van der Waals surface area (Å²) < 4.78 is 2.06. The summed E-state index contributed by atoms with van der Waals surface area (Å²) in [5.41, 5.74) is 2.16. The van der Waals surface area contributed by atoms with Gasteiger partial charge >= 0.3 is 0 Å². The lowest BCUT2D eigenvalue weighted by molar-refractivity contribution is 0.401. The average Bonchev–Trinajstić information content (AvgIpc) is 2.90. The largest absolute Gasteiger partial charge is 0.309 e. The van der Waals surface area contributed by atoms with Gasteiger partial charge in [-0.1, -0.05) is 6.42 Å². The van der Waals surface area contributed by atoms with Crippen LogP contribution < -0.4 is 5.32 Å². The van der Waals surface area contributed by atoms with E-state index in [1.54, 1.807) is 18.7 Å². The molecule has 3 heterocycles. The number of hydrogen-bond donors (Lipinski definition) is 1. The van der Waals surface area contributed by atoms with Crippen molar-refractivity contribution in [2.24, 2.45) is 0 Å². The summed E-state index contributed by atoms with van der Waals surface area (Å²) in [6, 6.07) is 0.395. The zero-order chi connectivity index (χ0) is 11.5. The van der Waals surface area contributed by atoms with Crippen LogP contribution in [0.15, 0.2) is 31.2 Å². The molecule has 3 rings (SSSR count). The summed E-state index contributed by atoms with van der Waals surface area (Å²) in [7, 11) is 0. The highest BCUT2D eigenvalue weighted by Crippen LogP contribution is 2.24. The second-order valence-electron chi connectivity index (χ2n) is 4.29. The van der Waals surface area contributed by atoms with Crippen LogP contribution in [-0.4, -0.2) is 26.1 Å². The maximum Gasteiger partial charge on any atom is 0.115 e. The van der Waals surface area contributed by atoms with Gasteiger partial charge in [0.2, 0.25) is 0 Å². The molecule has 0 aromatic carbocycles. The Morgan fingerprint density at radius 2 is 2.00 bits per heavy atom. The van der Waals surface area contributed by atoms with Gasteiger partial charge in [0.15, 0.2) is 0 Å². The first-order valence-corrected chi connectivity index (χ1v) is 5.96. The normalized spacial score (nSPS) is 20.4. The van der Waals surface area contributed by atoms with E-state index in [-0.39, 0.29) is 0 Å². The number of nitrogens with zero attached hydrogens (tertiary/aromatic N) is 4. The first kappa shape index (κ1) is 10.4. The third-order valence-electron chi connectivity index (χ3n) is 3.16. The number of piperidine rings is 1. The molecular formula is C12H15N5. The lowest BCUT2D eigenvalue weighted by atomic mass is 10.0. The molecule has 1 fully saturated rings. The second-order valence-corrected chi connectivity index (χ2v) is 4.29. The second kappa shape index (κ2) is 4.63. The van der Waals surface area contributed by atoms with Crippen molar-refractivity contribution in [1.82, 2.24) is 24.8 Å². The molecule has 5 nitrogen and oxygen atoms in total. The predicted octanol–water partition coefficient (Wildman–Crippen LogP) is 1.48. The molecular weight excluding hydrogens is 214 g/mol. The number of aromatic nitrogens is 4. The minimum atomic E-state index is 0.395. The molecule has 1 unspecified atom stereocenters. The third kappa shape index (κ3) is 2.06. The van der Waals surface area contributed by atoms with Crippen LogP contribution in [0.25, 0.3) is 5.69 Å². The highest BCUT2D eigenvalue weighted by Gasteiger charge is 2.18. The van der Waals surface area contributed by atoms with E-state index in [9.17, 15) is 0 Å². The van der Waals surface area contributed by atoms with Crippen molar-refractivity contribution in [2.75, 3.05) is 6.54 Å². The standard InChI is InChI=1S/C12H15N5/c1-2-4-16-11(3-1)12-7-15-9-17(12)10-5-13-8-14-6-10/h5-9,11,16H,1-4H2. The average molecular weight is 229 g/mol. The van der Waals surface area contributed by atoms with Gasteiger partial charge in [-0.05, 0) is 19.4 Å². The van der Waals surface area contributed by atoms with Crippen LogP contribution in [0.2, 0.25) is 0 Å². The fourth-order valence-electron chi connectivity index (χ4n) is 2.30. The molecule has 1 N–H and O–H groups in total. The zero-order valence-corrected chi connectivity index (χ0v) is 9.58. The van der Waals surface area contributed by atoms with Crippen LogP contribution in [0.1, 0.15) is 31.0 Å². The quantitative estimate of drug-likeness (QED) is 0.847. The zero-order valence-electron chi connectivity index (χ0n) is 9.58. The highest BCUT2D eigenvalue weighted by atomic mass is 15.1. The summed E-state index contributed by atoms with van der Waals surface area (Å²) in [6.45, 7) is 1.08. The summed E-state index contributed by atoms with van der Waals surface area (Å²) in [4.78, 5) is 12.3. The molecule has 1 aliphatic rings. The van der Waals surface area contributed by atoms with Gasteiger partial charge in [0.25, 0.3) is 0 Å². The number of imidazole rings is 1. The van der Waals surface area contributed by atoms with Gasteiger partial charge in [-0.2, -0.15) is 0 Å². The molecule has 2 aromatic heterocycles. The number of nitrogens with one attached hydrogen (secondary N) is 1. The molecule has 0 spiro atoms. The number of rotatable bonds is 2. The van der Waals surface area contributed by atoms with Crippen LogP contribution >= 0.6 is 0 Å². The van der Waals surface area contributed by atoms with Crippen LogP contribution in [0, 0.1) is 0 Å². The van der Waals surface area contributed by atoms with E-state index in [1.807, 2.05) is 12.5 Å². The molecule has 1 atom stereocenters. The van der Waals surface area contributed by atoms with Gasteiger partial charge in [0.1, 0.15) is 6.33 Å². The first-order valence-electron chi connectivity index (χ1n) is 5.96.